The van der Waals surface area contributed by atoms with Crippen molar-refractivity contribution in [2.75, 3.05) is 0 Å². The maximum Gasteiger partial charge on any atom is 0.133 e. The summed E-state index contributed by atoms with van der Waals surface area (Å²) in [6.45, 7) is 3.93. The van der Waals surface area contributed by atoms with E-state index in [1.165, 1.54) is 0 Å². The number of nitrogens with zero attached hydrogens (tertiary/aromatic N) is 1. The van der Waals surface area contributed by atoms with E-state index in [0.29, 0.717) is 18.6 Å². The molecule has 0 fully saturated rings. The molecule has 70 valence electrons. The second-order valence-electron chi connectivity index (χ2n) is 3.25. The third-order valence-corrected chi connectivity index (χ3v) is 2.12. The fourth-order valence-corrected chi connectivity index (χ4v) is 1.26. The number of pyridine rings is 1. The van der Waals surface area contributed by atoms with Crippen molar-refractivity contribution < 1.29 is 4.79 Å². The zero-order chi connectivity index (χ0) is 9.68. The lowest BCUT2D eigenvalue weighted by Crippen LogP contribution is -2.04. The highest BCUT2D eigenvalue weighted by molar-refractivity contribution is 5.78. The summed E-state index contributed by atoms with van der Waals surface area (Å²) in [7, 11) is 0. The van der Waals surface area contributed by atoms with Gasteiger partial charge in [0.1, 0.15) is 5.78 Å². The predicted octanol–water partition coefficient (Wildman–Crippen LogP) is 2.55. The van der Waals surface area contributed by atoms with E-state index >= 15 is 0 Å². The van der Waals surface area contributed by atoms with E-state index in [4.69, 9.17) is 0 Å². The first-order valence-corrected chi connectivity index (χ1v) is 4.66. The summed E-state index contributed by atoms with van der Waals surface area (Å²) >= 11 is 0. The van der Waals surface area contributed by atoms with E-state index < -0.39 is 0 Å². The molecule has 0 aliphatic carbocycles. The van der Waals surface area contributed by atoms with E-state index in [1.54, 1.807) is 6.20 Å². The van der Waals surface area contributed by atoms with E-state index in [9.17, 15) is 4.79 Å². The molecule has 1 rings (SSSR count). The smallest absolute Gasteiger partial charge is 0.133 e. The molecule has 0 saturated carbocycles. The topological polar surface area (TPSA) is 30.0 Å². The highest BCUT2D eigenvalue weighted by Gasteiger charge is 2.09. The molecule has 2 heteroatoms. The van der Waals surface area contributed by atoms with E-state index in [-0.39, 0.29) is 5.92 Å². The monoisotopic (exact) mass is 177 g/mol. The molecule has 0 amide bonds. The van der Waals surface area contributed by atoms with Gasteiger partial charge < -0.3 is 0 Å². The second kappa shape index (κ2) is 4.75. The Bertz CT molecular complexity index is 269. The molecule has 1 aromatic rings. The van der Waals surface area contributed by atoms with Gasteiger partial charge in [-0.05, 0) is 12.1 Å². The first kappa shape index (κ1) is 9.90. The van der Waals surface area contributed by atoms with Crippen molar-refractivity contribution in [2.45, 2.75) is 32.6 Å². The summed E-state index contributed by atoms with van der Waals surface area (Å²) in [5.41, 5.74) is 1.00. The van der Waals surface area contributed by atoms with Crippen LogP contribution >= 0.6 is 0 Å². The summed E-state index contributed by atoms with van der Waals surface area (Å²) in [5.74, 6) is 0.548. The Morgan fingerprint density at radius 3 is 2.85 bits per heavy atom. The third kappa shape index (κ3) is 2.98. The fraction of sp³-hybridized carbons (Fsp3) is 0.455. The molecule has 0 spiro atoms. The molecule has 0 aromatic carbocycles. The molecule has 1 heterocycles. The van der Waals surface area contributed by atoms with Gasteiger partial charge in [-0.2, -0.15) is 0 Å². The van der Waals surface area contributed by atoms with Crippen LogP contribution in [0.5, 0.6) is 0 Å². The first-order valence-electron chi connectivity index (χ1n) is 4.66. The van der Waals surface area contributed by atoms with E-state index in [2.05, 4.69) is 4.98 Å². The van der Waals surface area contributed by atoms with Crippen molar-refractivity contribution in [2.24, 2.45) is 0 Å². The van der Waals surface area contributed by atoms with Gasteiger partial charge in [0.25, 0.3) is 0 Å². The van der Waals surface area contributed by atoms with Crippen LogP contribution in [0, 0.1) is 0 Å². The van der Waals surface area contributed by atoms with Crippen LogP contribution in [0.3, 0.4) is 0 Å². The average molecular weight is 177 g/mol. The molecule has 13 heavy (non-hydrogen) atoms. The normalized spacial score (nSPS) is 12.5. The zero-order valence-corrected chi connectivity index (χ0v) is 8.16. The lowest BCUT2D eigenvalue weighted by Gasteiger charge is -2.08. The molecule has 0 radical (unpaired) electrons. The number of ketones is 1. The number of hydrogen-bond acceptors (Lipinski definition) is 2. The quantitative estimate of drug-likeness (QED) is 0.707. The molecular weight excluding hydrogens is 162 g/mol. The van der Waals surface area contributed by atoms with Gasteiger partial charge in [-0.3, -0.25) is 9.78 Å². The maximum absolute atomic E-state index is 11.2. The minimum atomic E-state index is 0.244. The fourth-order valence-electron chi connectivity index (χ4n) is 1.26. The minimum Gasteiger partial charge on any atom is -0.300 e. The molecule has 1 unspecified atom stereocenters. The van der Waals surface area contributed by atoms with Crippen molar-refractivity contribution in [3.05, 3.63) is 30.1 Å². The van der Waals surface area contributed by atoms with Crippen molar-refractivity contribution in [3.8, 4) is 0 Å². The highest BCUT2D eigenvalue weighted by Crippen LogP contribution is 2.16. The summed E-state index contributed by atoms with van der Waals surface area (Å²) in [6.07, 6.45) is 2.99. The number of rotatable bonds is 4. The Kier molecular flexibility index (Phi) is 3.62. The molecule has 1 aromatic heterocycles. The largest absolute Gasteiger partial charge is 0.300 e. The Morgan fingerprint density at radius 2 is 2.31 bits per heavy atom. The number of hydrogen-bond donors (Lipinski definition) is 0. The third-order valence-electron chi connectivity index (χ3n) is 2.12. The summed E-state index contributed by atoms with van der Waals surface area (Å²) < 4.78 is 0. The molecule has 2 nitrogen and oxygen atoms in total. The number of carbonyl (C=O) groups excluding carboxylic acids is 1. The highest BCUT2D eigenvalue weighted by atomic mass is 16.1. The van der Waals surface area contributed by atoms with Crippen molar-refractivity contribution in [1.29, 1.82) is 0 Å². The molecular formula is C11H15NO. The van der Waals surface area contributed by atoms with E-state index in [0.717, 1.165) is 5.69 Å². The Hall–Kier alpha value is -1.18. The lowest BCUT2D eigenvalue weighted by molar-refractivity contribution is -0.119. The van der Waals surface area contributed by atoms with Gasteiger partial charge in [-0.25, -0.2) is 0 Å². The van der Waals surface area contributed by atoms with Crippen LogP contribution < -0.4 is 0 Å². The van der Waals surface area contributed by atoms with Crippen molar-refractivity contribution >= 4 is 5.78 Å². The van der Waals surface area contributed by atoms with E-state index in [1.807, 2.05) is 32.0 Å². The molecule has 0 N–H and O–H groups in total. The molecule has 1 atom stereocenters. The lowest BCUT2D eigenvalue weighted by atomic mass is 9.99. The van der Waals surface area contributed by atoms with Crippen LogP contribution in [0.4, 0.5) is 0 Å². The maximum atomic E-state index is 11.2. The van der Waals surface area contributed by atoms with Gasteiger partial charge >= 0.3 is 0 Å². The predicted molar refractivity (Wildman–Crippen MR) is 52.6 cm³/mol. The zero-order valence-electron chi connectivity index (χ0n) is 8.16. The Morgan fingerprint density at radius 1 is 1.54 bits per heavy atom. The first-order chi connectivity index (χ1) is 6.24. The number of Topliss-reactive ketones (excluding diaryl/α,β-unsaturated/α-hetero) is 1. The van der Waals surface area contributed by atoms with Gasteiger partial charge in [0.05, 0.1) is 0 Å². The molecule has 0 bridgehead atoms. The van der Waals surface area contributed by atoms with Crippen LogP contribution in [0.15, 0.2) is 24.4 Å². The number of aromatic nitrogens is 1. The van der Waals surface area contributed by atoms with Gasteiger partial charge in [-0.15, -0.1) is 0 Å². The molecule has 0 saturated heterocycles. The van der Waals surface area contributed by atoms with Crippen LogP contribution in [-0.2, 0) is 4.79 Å². The van der Waals surface area contributed by atoms with Crippen molar-refractivity contribution in [3.63, 3.8) is 0 Å². The second-order valence-corrected chi connectivity index (χ2v) is 3.25. The van der Waals surface area contributed by atoms with Crippen LogP contribution in [0.1, 0.15) is 38.3 Å². The standard InChI is InChI=1S/C11H15NO/c1-3-10(13)8-9(2)11-6-4-5-7-12-11/h4-7,9H,3,8H2,1-2H3. The SMILES string of the molecule is CCC(=O)CC(C)c1ccccn1. The Labute approximate surface area is 79.0 Å². The van der Waals surface area contributed by atoms with Gasteiger partial charge in [-0.1, -0.05) is 19.9 Å². The van der Waals surface area contributed by atoms with Crippen molar-refractivity contribution in [1.82, 2.24) is 4.98 Å². The van der Waals surface area contributed by atoms with Gasteiger partial charge in [0, 0.05) is 30.7 Å². The Balaban J connectivity index is 2.59. The van der Waals surface area contributed by atoms with Crippen LogP contribution in [0.2, 0.25) is 0 Å². The number of carbonyl (C=O) groups is 1. The van der Waals surface area contributed by atoms with Crippen LogP contribution in [0.25, 0.3) is 0 Å². The average Bonchev–Trinajstić information content (AvgIpc) is 2.19. The summed E-state index contributed by atoms with van der Waals surface area (Å²) in [5, 5.41) is 0. The summed E-state index contributed by atoms with van der Waals surface area (Å²) in [4.78, 5) is 15.4. The van der Waals surface area contributed by atoms with Gasteiger partial charge in [0.2, 0.25) is 0 Å². The molecule has 0 aliphatic heterocycles. The summed E-state index contributed by atoms with van der Waals surface area (Å²) in [6, 6.07) is 5.81. The van der Waals surface area contributed by atoms with Crippen LogP contribution in [-0.4, -0.2) is 10.8 Å². The molecule has 0 aliphatic rings. The van der Waals surface area contributed by atoms with Gasteiger partial charge in [0.15, 0.2) is 0 Å². The minimum absolute atomic E-state index is 0.244.